The van der Waals surface area contributed by atoms with Crippen molar-refractivity contribution in [1.82, 2.24) is 9.78 Å². The van der Waals surface area contributed by atoms with E-state index in [1.54, 1.807) is 21.3 Å². The van der Waals surface area contributed by atoms with Crippen molar-refractivity contribution in [2.45, 2.75) is 20.0 Å². The molecule has 3 aromatic rings. The fourth-order valence-electron chi connectivity index (χ4n) is 3.59. The van der Waals surface area contributed by atoms with Gasteiger partial charge >= 0.3 is 0 Å². The molecule has 0 spiro atoms. The smallest absolute Gasteiger partial charge is 0.164 e. The predicted octanol–water partition coefficient (Wildman–Crippen LogP) is 4.17. The summed E-state index contributed by atoms with van der Waals surface area (Å²) in [5.41, 5.74) is 6.38. The number of aromatic nitrogens is 2. The molecule has 2 aromatic carbocycles. The Kier molecular flexibility index (Phi) is 4.18. The van der Waals surface area contributed by atoms with Gasteiger partial charge in [-0.25, -0.2) is 4.68 Å². The second kappa shape index (κ2) is 6.54. The van der Waals surface area contributed by atoms with Crippen LogP contribution in [0.1, 0.15) is 23.0 Å². The molecule has 140 valence electrons. The minimum absolute atomic E-state index is 0.223. The summed E-state index contributed by atoms with van der Waals surface area (Å²) in [6.45, 7) is 4.10. The van der Waals surface area contributed by atoms with Gasteiger partial charge in [0.1, 0.15) is 5.75 Å². The van der Waals surface area contributed by atoms with E-state index in [-0.39, 0.29) is 6.17 Å². The van der Waals surface area contributed by atoms with Gasteiger partial charge in [-0.3, -0.25) is 0 Å². The Labute approximate surface area is 158 Å². The van der Waals surface area contributed by atoms with Crippen LogP contribution in [0, 0.1) is 13.8 Å². The van der Waals surface area contributed by atoms with Crippen molar-refractivity contribution in [3.63, 3.8) is 0 Å². The Balaban J connectivity index is 1.92. The van der Waals surface area contributed by atoms with Gasteiger partial charge in [0.25, 0.3) is 0 Å². The lowest BCUT2D eigenvalue weighted by Crippen LogP contribution is -2.26. The first-order valence-electron chi connectivity index (χ1n) is 8.79. The van der Waals surface area contributed by atoms with Gasteiger partial charge in [0, 0.05) is 22.9 Å². The van der Waals surface area contributed by atoms with Crippen molar-refractivity contribution >= 4 is 5.69 Å². The molecule has 0 saturated carbocycles. The number of nitrogens with one attached hydrogen (secondary N) is 1. The van der Waals surface area contributed by atoms with Crippen LogP contribution in [0.5, 0.6) is 17.2 Å². The zero-order chi connectivity index (χ0) is 19.1. The SMILES string of the molecule is COc1cc(OC)c([C@H]2Nc3ccc(C)cc3-c3cc(C)nn32)cc1OC. The summed E-state index contributed by atoms with van der Waals surface area (Å²) in [4.78, 5) is 0. The maximum absolute atomic E-state index is 5.65. The van der Waals surface area contributed by atoms with Crippen molar-refractivity contribution in [3.8, 4) is 28.5 Å². The topological polar surface area (TPSA) is 57.5 Å². The Hall–Kier alpha value is -3.15. The molecule has 27 heavy (non-hydrogen) atoms. The van der Waals surface area contributed by atoms with E-state index in [0.717, 1.165) is 28.2 Å². The molecule has 1 aliphatic rings. The van der Waals surface area contributed by atoms with Crippen molar-refractivity contribution in [2.75, 3.05) is 26.6 Å². The van der Waals surface area contributed by atoms with Crippen LogP contribution in [0.3, 0.4) is 0 Å². The van der Waals surface area contributed by atoms with E-state index in [2.05, 4.69) is 36.5 Å². The van der Waals surface area contributed by atoms with Gasteiger partial charge in [0.2, 0.25) is 0 Å². The highest BCUT2D eigenvalue weighted by Crippen LogP contribution is 2.44. The predicted molar refractivity (Wildman–Crippen MR) is 105 cm³/mol. The first-order valence-corrected chi connectivity index (χ1v) is 8.79. The van der Waals surface area contributed by atoms with Gasteiger partial charge in [0.15, 0.2) is 17.7 Å². The zero-order valence-corrected chi connectivity index (χ0v) is 16.2. The third-order valence-electron chi connectivity index (χ3n) is 4.88. The molecule has 0 bridgehead atoms. The van der Waals surface area contributed by atoms with Gasteiger partial charge in [-0.05, 0) is 38.1 Å². The van der Waals surface area contributed by atoms with Crippen LogP contribution in [0.25, 0.3) is 11.3 Å². The number of hydrogen-bond donors (Lipinski definition) is 1. The normalized spacial score (nSPS) is 14.8. The maximum atomic E-state index is 5.65. The number of anilines is 1. The Bertz CT molecular complexity index is 1010. The van der Waals surface area contributed by atoms with E-state index in [9.17, 15) is 0 Å². The molecule has 1 aromatic heterocycles. The van der Waals surface area contributed by atoms with Crippen LogP contribution in [-0.2, 0) is 0 Å². The number of benzene rings is 2. The molecule has 0 radical (unpaired) electrons. The number of ether oxygens (including phenoxy) is 3. The molecule has 0 fully saturated rings. The van der Waals surface area contributed by atoms with Crippen LogP contribution in [0.15, 0.2) is 36.4 Å². The Morgan fingerprint density at radius 1 is 0.889 bits per heavy atom. The third-order valence-corrected chi connectivity index (χ3v) is 4.88. The third kappa shape index (κ3) is 2.77. The number of fused-ring (bicyclic) bond motifs is 3. The van der Waals surface area contributed by atoms with Gasteiger partial charge < -0.3 is 19.5 Å². The molecular weight excluding hydrogens is 342 g/mol. The van der Waals surface area contributed by atoms with Crippen LogP contribution in [0.4, 0.5) is 5.69 Å². The number of methoxy groups -OCH3 is 3. The molecule has 0 amide bonds. The molecule has 1 N–H and O–H groups in total. The molecule has 1 atom stereocenters. The van der Waals surface area contributed by atoms with Crippen LogP contribution >= 0.6 is 0 Å². The van der Waals surface area contributed by atoms with Crippen LogP contribution < -0.4 is 19.5 Å². The van der Waals surface area contributed by atoms with Crippen LogP contribution in [0.2, 0.25) is 0 Å². The molecule has 6 nitrogen and oxygen atoms in total. The summed E-state index contributed by atoms with van der Waals surface area (Å²) in [7, 11) is 4.90. The minimum atomic E-state index is -0.223. The fourth-order valence-corrected chi connectivity index (χ4v) is 3.59. The summed E-state index contributed by atoms with van der Waals surface area (Å²) >= 11 is 0. The first kappa shape index (κ1) is 17.3. The van der Waals surface area contributed by atoms with E-state index < -0.39 is 0 Å². The molecule has 1 aliphatic heterocycles. The van der Waals surface area contributed by atoms with E-state index in [1.807, 2.05) is 23.7 Å². The lowest BCUT2D eigenvalue weighted by Gasteiger charge is -2.30. The monoisotopic (exact) mass is 365 g/mol. The molecule has 2 heterocycles. The quantitative estimate of drug-likeness (QED) is 0.752. The number of aryl methyl sites for hydroxylation is 2. The van der Waals surface area contributed by atoms with Gasteiger partial charge in [-0.15, -0.1) is 0 Å². The van der Waals surface area contributed by atoms with E-state index >= 15 is 0 Å². The van der Waals surface area contributed by atoms with Crippen molar-refractivity contribution in [2.24, 2.45) is 0 Å². The Morgan fingerprint density at radius 2 is 1.59 bits per heavy atom. The number of nitrogens with zero attached hydrogens (tertiary/aromatic N) is 2. The second-order valence-corrected chi connectivity index (χ2v) is 6.66. The van der Waals surface area contributed by atoms with Crippen molar-refractivity contribution < 1.29 is 14.2 Å². The molecular formula is C21H23N3O3. The molecule has 0 saturated heterocycles. The number of hydrogen-bond acceptors (Lipinski definition) is 5. The average molecular weight is 365 g/mol. The van der Waals surface area contributed by atoms with E-state index in [4.69, 9.17) is 19.3 Å². The van der Waals surface area contributed by atoms with E-state index in [1.165, 1.54) is 5.56 Å². The maximum Gasteiger partial charge on any atom is 0.164 e. The lowest BCUT2D eigenvalue weighted by atomic mass is 10.0. The number of rotatable bonds is 4. The molecule has 0 unspecified atom stereocenters. The summed E-state index contributed by atoms with van der Waals surface area (Å²) in [6, 6.07) is 12.3. The van der Waals surface area contributed by atoms with Gasteiger partial charge in [-0.1, -0.05) is 11.6 Å². The van der Waals surface area contributed by atoms with Gasteiger partial charge in [0.05, 0.1) is 32.7 Å². The van der Waals surface area contributed by atoms with Crippen molar-refractivity contribution in [1.29, 1.82) is 0 Å². The van der Waals surface area contributed by atoms with E-state index in [0.29, 0.717) is 17.2 Å². The summed E-state index contributed by atoms with van der Waals surface area (Å²) < 4.78 is 18.6. The Morgan fingerprint density at radius 3 is 2.30 bits per heavy atom. The summed E-state index contributed by atoms with van der Waals surface area (Å²) in [5, 5.41) is 8.34. The second-order valence-electron chi connectivity index (χ2n) is 6.66. The first-order chi connectivity index (χ1) is 13.0. The zero-order valence-electron chi connectivity index (χ0n) is 16.2. The summed E-state index contributed by atoms with van der Waals surface area (Å²) in [6.07, 6.45) is -0.223. The van der Waals surface area contributed by atoms with Gasteiger partial charge in [-0.2, -0.15) is 5.10 Å². The minimum Gasteiger partial charge on any atom is -0.496 e. The largest absolute Gasteiger partial charge is 0.496 e. The van der Waals surface area contributed by atoms with Crippen LogP contribution in [-0.4, -0.2) is 31.1 Å². The molecule has 0 aliphatic carbocycles. The highest BCUT2D eigenvalue weighted by Gasteiger charge is 2.29. The fraction of sp³-hybridized carbons (Fsp3) is 0.286. The standard InChI is InChI=1S/C21H23N3O3/c1-12-6-7-16-14(8-12)17-9-13(2)23-24(17)21(22-16)15-10-19(26-4)20(27-5)11-18(15)25-3/h6-11,21-22H,1-5H3/t21-/m0/s1. The molecule has 6 heteroatoms. The molecule has 4 rings (SSSR count). The lowest BCUT2D eigenvalue weighted by molar-refractivity contribution is 0.345. The highest BCUT2D eigenvalue weighted by atomic mass is 16.5. The van der Waals surface area contributed by atoms with Crippen molar-refractivity contribution in [3.05, 3.63) is 53.2 Å². The highest BCUT2D eigenvalue weighted by molar-refractivity contribution is 5.79. The summed E-state index contributed by atoms with van der Waals surface area (Å²) in [5.74, 6) is 1.98. The average Bonchev–Trinajstić information content (AvgIpc) is 3.08.